The van der Waals surface area contributed by atoms with Crippen molar-refractivity contribution in [2.75, 3.05) is 0 Å². The van der Waals surface area contributed by atoms with Crippen molar-refractivity contribution in [3.63, 3.8) is 0 Å². The molecule has 1 nitrogen and oxygen atoms in total. The summed E-state index contributed by atoms with van der Waals surface area (Å²) in [7, 11) is 0. The number of rotatable bonds is 4. The van der Waals surface area contributed by atoms with Crippen LogP contribution in [0.5, 0.6) is 0 Å². The van der Waals surface area contributed by atoms with Crippen LogP contribution >= 0.6 is 15.9 Å². The van der Waals surface area contributed by atoms with Crippen LogP contribution in [0, 0.1) is 5.92 Å². The first-order chi connectivity index (χ1) is 5.57. The smallest absolute Gasteiger partial charge is 0.151 e. The van der Waals surface area contributed by atoms with Crippen molar-refractivity contribution in [2.24, 2.45) is 5.92 Å². The zero-order valence-corrected chi connectivity index (χ0v) is 8.97. The number of carbonyl (C=O) groups is 1. The summed E-state index contributed by atoms with van der Waals surface area (Å²) in [5.74, 6) is 0.498. The fourth-order valence-electron chi connectivity index (χ4n) is 0.575. The lowest BCUT2D eigenvalue weighted by molar-refractivity contribution is -0.104. The predicted molar refractivity (Wildman–Crippen MR) is 56.2 cm³/mol. The van der Waals surface area contributed by atoms with E-state index in [1.54, 1.807) is 6.08 Å². The molecule has 0 unspecified atom stereocenters. The number of carbonyl (C=O) groups excluding carboxylic acids is 1. The van der Waals surface area contributed by atoms with Crippen molar-refractivity contribution in [3.8, 4) is 0 Å². The highest BCUT2D eigenvalue weighted by molar-refractivity contribution is 9.12. The van der Waals surface area contributed by atoms with Gasteiger partial charge in [0.15, 0.2) is 6.29 Å². The third-order valence-electron chi connectivity index (χ3n) is 1.21. The van der Waals surface area contributed by atoms with Crippen molar-refractivity contribution >= 4 is 22.2 Å². The third-order valence-corrected chi connectivity index (χ3v) is 1.67. The lowest BCUT2D eigenvalue weighted by Crippen LogP contribution is -1.82. The summed E-state index contributed by atoms with van der Waals surface area (Å²) >= 11 is 3.14. The molecule has 0 N–H and O–H groups in total. The number of halogens is 1. The Balaban J connectivity index is 4.31. The molecular weight excluding hydrogens is 216 g/mol. The van der Waals surface area contributed by atoms with Gasteiger partial charge in [-0.15, -0.1) is 0 Å². The van der Waals surface area contributed by atoms with Gasteiger partial charge in [-0.25, -0.2) is 0 Å². The Morgan fingerprint density at radius 2 is 2.08 bits per heavy atom. The Morgan fingerprint density at radius 3 is 2.42 bits per heavy atom. The minimum atomic E-state index is 0.498. The molecular formula is C10H13BrO. The van der Waals surface area contributed by atoms with E-state index in [2.05, 4.69) is 36.4 Å². The van der Waals surface area contributed by atoms with Gasteiger partial charge in [-0.05, 0) is 5.92 Å². The second-order valence-corrected chi connectivity index (χ2v) is 3.73. The fraction of sp³-hybridized carbons (Fsp3) is 0.300. The van der Waals surface area contributed by atoms with Crippen LogP contribution in [0.1, 0.15) is 13.8 Å². The van der Waals surface area contributed by atoms with Crippen molar-refractivity contribution in [2.45, 2.75) is 13.8 Å². The van der Waals surface area contributed by atoms with Crippen LogP contribution in [0.4, 0.5) is 0 Å². The third kappa shape index (κ3) is 5.08. The molecule has 0 aromatic heterocycles. The maximum atomic E-state index is 10.4. The van der Waals surface area contributed by atoms with E-state index in [9.17, 15) is 4.79 Å². The monoisotopic (exact) mass is 228 g/mol. The lowest BCUT2D eigenvalue weighted by Gasteiger charge is -1.93. The number of hydrogen-bond acceptors (Lipinski definition) is 1. The van der Waals surface area contributed by atoms with Crippen LogP contribution < -0.4 is 0 Å². The minimum absolute atomic E-state index is 0.498. The highest BCUT2D eigenvalue weighted by Gasteiger charge is 1.93. The van der Waals surface area contributed by atoms with Gasteiger partial charge in [0.2, 0.25) is 0 Å². The van der Waals surface area contributed by atoms with Crippen LogP contribution in [0.25, 0.3) is 0 Å². The molecule has 0 amide bonds. The molecule has 0 aromatic carbocycles. The SMILES string of the molecule is C=C(Br)/C(C=O)=C\C=C/C(C)C. The number of allylic oxidation sites excluding steroid dienone is 5. The van der Waals surface area contributed by atoms with Gasteiger partial charge in [0.05, 0.1) is 0 Å². The van der Waals surface area contributed by atoms with E-state index < -0.39 is 0 Å². The molecule has 0 rings (SSSR count). The van der Waals surface area contributed by atoms with E-state index in [1.165, 1.54) is 0 Å². The predicted octanol–water partition coefficient (Wildman–Crippen LogP) is 3.23. The van der Waals surface area contributed by atoms with Gasteiger partial charge in [0.25, 0.3) is 0 Å². The van der Waals surface area contributed by atoms with Gasteiger partial charge in [-0.1, -0.05) is 54.6 Å². The largest absolute Gasteiger partial charge is 0.298 e. The zero-order valence-electron chi connectivity index (χ0n) is 7.38. The average molecular weight is 229 g/mol. The van der Waals surface area contributed by atoms with Crippen LogP contribution in [-0.4, -0.2) is 6.29 Å². The zero-order chi connectivity index (χ0) is 9.56. The molecule has 0 aromatic rings. The Labute approximate surface area is 82.0 Å². The molecule has 0 aliphatic carbocycles. The van der Waals surface area contributed by atoms with E-state index in [-0.39, 0.29) is 0 Å². The molecule has 0 aliphatic heterocycles. The summed E-state index contributed by atoms with van der Waals surface area (Å²) in [6.45, 7) is 7.76. The van der Waals surface area contributed by atoms with Gasteiger partial charge in [0.1, 0.15) is 0 Å². The normalized spacial score (nSPS) is 12.5. The van der Waals surface area contributed by atoms with Gasteiger partial charge in [-0.3, -0.25) is 4.79 Å². The van der Waals surface area contributed by atoms with Gasteiger partial charge >= 0.3 is 0 Å². The first-order valence-corrected chi connectivity index (χ1v) is 4.55. The molecule has 0 radical (unpaired) electrons. The first kappa shape index (κ1) is 11.4. The Bertz CT molecular complexity index is 224. The second kappa shape index (κ2) is 5.95. The van der Waals surface area contributed by atoms with E-state index >= 15 is 0 Å². The molecule has 0 aliphatic rings. The van der Waals surface area contributed by atoms with E-state index in [0.29, 0.717) is 16.0 Å². The molecule has 0 fully saturated rings. The summed E-state index contributed by atoms with van der Waals surface area (Å²) < 4.78 is 0.617. The van der Waals surface area contributed by atoms with Gasteiger partial charge in [0, 0.05) is 10.1 Å². The maximum absolute atomic E-state index is 10.4. The summed E-state index contributed by atoms with van der Waals surface area (Å²) in [4.78, 5) is 10.4. The van der Waals surface area contributed by atoms with Crippen LogP contribution in [0.15, 0.2) is 34.9 Å². The molecule has 0 saturated heterocycles. The fourth-order valence-corrected chi connectivity index (χ4v) is 0.801. The van der Waals surface area contributed by atoms with Crippen LogP contribution in [0.2, 0.25) is 0 Å². The molecule has 0 bridgehead atoms. The lowest BCUT2D eigenvalue weighted by atomic mass is 10.2. The molecule has 66 valence electrons. The summed E-state index contributed by atoms with van der Waals surface area (Å²) in [6, 6.07) is 0. The Kier molecular flexibility index (Phi) is 5.64. The molecule has 0 saturated carbocycles. The van der Waals surface area contributed by atoms with E-state index in [0.717, 1.165) is 6.29 Å². The molecule has 2 heteroatoms. The number of aldehydes is 1. The van der Waals surface area contributed by atoms with E-state index in [1.807, 2.05) is 12.2 Å². The van der Waals surface area contributed by atoms with Crippen molar-refractivity contribution in [1.29, 1.82) is 0 Å². The van der Waals surface area contributed by atoms with Crippen molar-refractivity contribution < 1.29 is 4.79 Å². The van der Waals surface area contributed by atoms with Crippen LogP contribution in [0.3, 0.4) is 0 Å². The standard InChI is InChI=1S/C10H13BrO/c1-8(2)5-4-6-10(7-12)9(3)11/h4-8H,3H2,1-2H3/b5-4-,10-6-. The highest BCUT2D eigenvalue weighted by atomic mass is 79.9. The van der Waals surface area contributed by atoms with E-state index in [4.69, 9.17) is 0 Å². The topological polar surface area (TPSA) is 17.1 Å². The minimum Gasteiger partial charge on any atom is -0.298 e. The first-order valence-electron chi connectivity index (χ1n) is 3.76. The quantitative estimate of drug-likeness (QED) is 0.411. The number of hydrogen-bond donors (Lipinski definition) is 0. The van der Waals surface area contributed by atoms with Crippen LogP contribution in [-0.2, 0) is 4.79 Å². The summed E-state index contributed by atoms with van der Waals surface area (Å²) in [5.41, 5.74) is 0.576. The van der Waals surface area contributed by atoms with Gasteiger partial charge in [-0.2, -0.15) is 0 Å². The Morgan fingerprint density at radius 1 is 1.50 bits per heavy atom. The second-order valence-electron chi connectivity index (χ2n) is 2.77. The molecule has 12 heavy (non-hydrogen) atoms. The summed E-state index contributed by atoms with van der Waals surface area (Å²) in [6.07, 6.45) is 6.39. The molecule has 0 atom stereocenters. The molecule has 0 spiro atoms. The van der Waals surface area contributed by atoms with Crippen molar-refractivity contribution in [1.82, 2.24) is 0 Å². The Hall–Kier alpha value is -0.630. The maximum Gasteiger partial charge on any atom is 0.151 e. The summed E-state index contributed by atoms with van der Waals surface area (Å²) in [5, 5.41) is 0. The average Bonchev–Trinajstić information content (AvgIpc) is 1.96. The highest BCUT2D eigenvalue weighted by Crippen LogP contribution is 2.11. The molecule has 0 heterocycles. The van der Waals surface area contributed by atoms with Crippen molar-refractivity contribution in [3.05, 3.63) is 34.9 Å². The van der Waals surface area contributed by atoms with Gasteiger partial charge < -0.3 is 0 Å².